The summed E-state index contributed by atoms with van der Waals surface area (Å²) in [4.78, 5) is 59.6. The van der Waals surface area contributed by atoms with Gasteiger partial charge in [0.2, 0.25) is 5.88 Å². The zero-order chi connectivity index (χ0) is 44.8. The number of hydrogen-bond donors (Lipinski definition) is 2. The highest BCUT2D eigenvalue weighted by Gasteiger charge is 2.28. The highest BCUT2D eigenvalue weighted by Crippen LogP contribution is 2.35. The molecule has 8 rings (SSSR count). The van der Waals surface area contributed by atoms with Crippen molar-refractivity contribution in [1.82, 2.24) is 19.1 Å². The second-order valence-corrected chi connectivity index (χ2v) is 15.6. The first-order valence-electron chi connectivity index (χ1n) is 19.1. The molecule has 12 nitrogen and oxygen atoms in total. The maximum absolute atomic E-state index is 13.2. The maximum Gasteiger partial charge on any atom is 0.296 e. The van der Waals surface area contributed by atoms with Gasteiger partial charge in [0, 0.05) is 69.9 Å². The number of methoxy groups -OCH3 is 2. The highest BCUT2D eigenvalue weighted by atomic mass is 35.5. The number of nitrogens with one attached hydrogen (secondary N) is 2. The van der Waals surface area contributed by atoms with Crippen LogP contribution >= 0.6 is 46.4 Å². The third kappa shape index (κ3) is 10.0. The highest BCUT2D eigenvalue weighted by molar-refractivity contribution is 6.52. The minimum Gasteiger partial charge on any atom is -0.497 e. The van der Waals surface area contributed by atoms with Gasteiger partial charge >= 0.3 is 0 Å². The molecule has 2 N–H and O–H groups in total. The number of benzene rings is 4. The molecule has 8 aromatic rings. The van der Waals surface area contributed by atoms with Crippen LogP contribution in [0.3, 0.4) is 0 Å². The van der Waals surface area contributed by atoms with Crippen LogP contribution < -0.4 is 20.1 Å². The summed E-state index contributed by atoms with van der Waals surface area (Å²) in [5.74, 6) is -2.21. The molecule has 0 saturated heterocycles. The first kappa shape index (κ1) is 44.4. The molecule has 4 aromatic carbocycles. The molecule has 0 atom stereocenters. The van der Waals surface area contributed by atoms with E-state index >= 15 is 0 Å². The Hall–Kier alpha value is -6.70. The number of nitrogens with zero attached hydrogens (tertiary/aromatic N) is 4. The van der Waals surface area contributed by atoms with Crippen molar-refractivity contribution in [2.75, 3.05) is 24.9 Å². The molecule has 0 aliphatic carbocycles. The molecule has 0 aliphatic rings. The number of Topliss-reactive ketones (excluding diaryl/α,β-unsaturated/α-hetero) is 2. The Morgan fingerprint density at radius 1 is 0.571 bits per heavy atom. The number of hydrogen-bond acceptors (Lipinski definition) is 8. The summed E-state index contributed by atoms with van der Waals surface area (Å²) in [6.07, 6.45) is 4.54. The van der Waals surface area contributed by atoms with E-state index in [0.717, 1.165) is 22.2 Å². The molecule has 0 bridgehead atoms. The topological polar surface area (TPSA) is 146 Å². The molecule has 0 saturated carbocycles. The van der Waals surface area contributed by atoms with Crippen molar-refractivity contribution in [3.8, 4) is 11.6 Å². The van der Waals surface area contributed by atoms with E-state index in [9.17, 15) is 19.2 Å². The molecule has 318 valence electrons. The first-order chi connectivity index (χ1) is 30.3. The van der Waals surface area contributed by atoms with Gasteiger partial charge in [-0.25, -0.2) is 4.98 Å². The zero-order valence-electron chi connectivity index (χ0n) is 33.8. The average Bonchev–Trinajstić information content (AvgIpc) is 3.71. The fourth-order valence-corrected chi connectivity index (χ4v) is 7.72. The molecule has 0 fully saturated rings. The lowest BCUT2D eigenvalue weighted by Gasteiger charge is -2.08. The van der Waals surface area contributed by atoms with Crippen LogP contribution in [0.5, 0.6) is 11.6 Å². The maximum atomic E-state index is 13.2. The van der Waals surface area contributed by atoms with Crippen molar-refractivity contribution in [1.29, 1.82) is 0 Å². The Kier molecular flexibility index (Phi) is 13.8. The fourth-order valence-electron chi connectivity index (χ4n) is 6.79. The van der Waals surface area contributed by atoms with Gasteiger partial charge in [0.1, 0.15) is 16.1 Å². The standard InChI is InChI=1S/C24H19Cl2N3O4.C23H17Cl2N3O2/c1-32-17-7-8-19-18(12-17)21(23(26)29(19)13-14-3-5-15(25)6-4-14)22(30)24(31)28-16-9-10-27-20(11-16)33-2;1-14-2-7-19-18(12-14)20(21(29)23(30)27-17-8-10-26-11-9-17)22(25)28(19)13-15-3-5-16(24)6-4-15/h3-12H,13H2,1-2H3,(H,27,28,31);2-12H,13H2,1H3,(H,26,27,30). The fraction of sp³-hybridized carbons (Fsp3) is 0.106. The van der Waals surface area contributed by atoms with E-state index in [-0.39, 0.29) is 21.4 Å². The third-order valence-corrected chi connectivity index (χ3v) is 11.2. The van der Waals surface area contributed by atoms with Crippen LogP contribution in [0.25, 0.3) is 21.8 Å². The zero-order valence-corrected chi connectivity index (χ0v) is 36.8. The Labute approximate surface area is 381 Å². The normalized spacial score (nSPS) is 10.8. The summed E-state index contributed by atoms with van der Waals surface area (Å²) < 4.78 is 14.0. The number of anilines is 2. The minimum absolute atomic E-state index is 0.0954. The Morgan fingerprint density at radius 3 is 1.59 bits per heavy atom. The van der Waals surface area contributed by atoms with Crippen LogP contribution in [0.2, 0.25) is 20.4 Å². The van der Waals surface area contributed by atoms with Gasteiger partial charge in [0.05, 0.1) is 36.4 Å². The van der Waals surface area contributed by atoms with Crippen molar-refractivity contribution in [3.05, 3.63) is 176 Å². The van der Waals surface area contributed by atoms with Gasteiger partial charge in [0.25, 0.3) is 23.4 Å². The van der Waals surface area contributed by atoms with Crippen LogP contribution in [0.1, 0.15) is 37.4 Å². The molecule has 0 radical (unpaired) electrons. The van der Waals surface area contributed by atoms with Gasteiger partial charge in [-0.15, -0.1) is 0 Å². The van der Waals surface area contributed by atoms with Gasteiger partial charge in [-0.05, 0) is 90.8 Å². The van der Waals surface area contributed by atoms with Crippen LogP contribution in [-0.2, 0) is 22.7 Å². The minimum atomic E-state index is -0.835. The predicted octanol–water partition coefficient (Wildman–Crippen LogP) is 10.8. The van der Waals surface area contributed by atoms with Crippen molar-refractivity contribution >= 4 is 103 Å². The number of ether oxygens (including phenoxy) is 2. The Balaban J connectivity index is 0.000000190. The van der Waals surface area contributed by atoms with E-state index in [1.807, 2.05) is 54.0 Å². The Bertz CT molecular complexity index is 3010. The van der Waals surface area contributed by atoms with Crippen LogP contribution in [0, 0.1) is 6.92 Å². The van der Waals surface area contributed by atoms with Crippen molar-refractivity contribution < 1.29 is 28.7 Å². The molecule has 2 amide bonds. The lowest BCUT2D eigenvalue weighted by molar-refractivity contribution is -0.113. The van der Waals surface area contributed by atoms with E-state index in [4.69, 9.17) is 55.9 Å². The van der Waals surface area contributed by atoms with E-state index in [1.165, 1.54) is 38.9 Å². The second-order valence-electron chi connectivity index (χ2n) is 14.0. The summed E-state index contributed by atoms with van der Waals surface area (Å²) in [5, 5.41) is 7.97. The van der Waals surface area contributed by atoms with E-state index in [2.05, 4.69) is 20.6 Å². The first-order valence-corrected chi connectivity index (χ1v) is 20.6. The number of fused-ring (bicyclic) bond motifs is 2. The summed E-state index contributed by atoms with van der Waals surface area (Å²) >= 11 is 25.3. The molecule has 4 heterocycles. The van der Waals surface area contributed by atoms with Gasteiger partial charge < -0.3 is 29.2 Å². The third-order valence-electron chi connectivity index (χ3n) is 9.88. The van der Waals surface area contributed by atoms with Crippen molar-refractivity contribution in [2.45, 2.75) is 20.0 Å². The summed E-state index contributed by atoms with van der Waals surface area (Å²) in [5.41, 5.74) is 5.48. The van der Waals surface area contributed by atoms with Crippen molar-refractivity contribution in [3.63, 3.8) is 0 Å². The Morgan fingerprint density at radius 2 is 1.06 bits per heavy atom. The summed E-state index contributed by atoms with van der Waals surface area (Å²) in [7, 11) is 2.99. The smallest absolute Gasteiger partial charge is 0.296 e. The van der Waals surface area contributed by atoms with E-state index in [0.29, 0.717) is 62.4 Å². The lowest BCUT2D eigenvalue weighted by atomic mass is 10.1. The van der Waals surface area contributed by atoms with Crippen LogP contribution in [-0.4, -0.2) is 56.7 Å². The molecular formula is C47H36Cl4N6O6. The van der Waals surface area contributed by atoms with Gasteiger partial charge in [0.15, 0.2) is 0 Å². The number of ketones is 2. The number of aryl methyl sites for hydroxylation is 1. The lowest BCUT2D eigenvalue weighted by Crippen LogP contribution is -2.23. The SMILES string of the molecule is COc1ccc2c(c1)c(C(=O)C(=O)Nc1ccnc(OC)c1)c(Cl)n2Cc1ccc(Cl)cc1.Cc1ccc2c(c1)c(C(=O)C(=O)Nc1ccncc1)c(Cl)n2Cc1ccc(Cl)cc1. The monoisotopic (exact) mass is 920 g/mol. The number of rotatable bonds is 12. The molecular weight excluding hydrogens is 886 g/mol. The molecule has 0 spiro atoms. The number of aromatic nitrogens is 4. The molecule has 0 aliphatic heterocycles. The number of pyridine rings is 2. The molecule has 63 heavy (non-hydrogen) atoms. The average molecular weight is 923 g/mol. The summed E-state index contributed by atoms with van der Waals surface area (Å²) in [6, 6.07) is 32.0. The van der Waals surface area contributed by atoms with Crippen molar-refractivity contribution in [2.24, 2.45) is 0 Å². The van der Waals surface area contributed by atoms with Crippen LogP contribution in [0.15, 0.2) is 128 Å². The summed E-state index contributed by atoms with van der Waals surface area (Å²) in [6.45, 7) is 2.75. The van der Waals surface area contributed by atoms with Gasteiger partial charge in [-0.2, -0.15) is 0 Å². The van der Waals surface area contributed by atoms with Gasteiger partial charge in [-0.1, -0.05) is 82.3 Å². The molecule has 0 unspecified atom stereocenters. The van der Waals surface area contributed by atoms with E-state index < -0.39 is 23.4 Å². The largest absolute Gasteiger partial charge is 0.497 e. The number of carbonyl (C=O) groups excluding carboxylic acids is 4. The van der Waals surface area contributed by atoms with E-state index in [1.54, 1.807) is 65.2 Å². The second kappa shape index (κ2) is 19.6. The number of amides is 2. The quantitative estimate of drug-likeness (QED) is 0.0910. The predicted molar refractivity (Wildman–Crippen MR) is 247 cm³/mol. The van der Waals surface area contributed by atoms with Crippen LogP contribution in [0.4, 0.5) is 11.4 Å². The van der Waals surface area contributed by atoms with Gasteiger partial charge in [-0.3, -0.25) is 24.2 Å². The molecule has 4 aromatic heterocycles. The molecule has 16 heteroatoms. The number of carbonyl (C=O) groups is 4. The number of halogens is 4.